The van der Waals surface area contributed by atoms with Crippen LogP contribution in [-0.2, 0) is 0 Å². The molecule has 2 aromatic rings. The molecule has 1 aromatic heterocycles. The standard InChI is InChI=1S/C11H9NO2S/c1-15-11-9(7-13)12-10(14-11)8-5-3-2-4-6-8/h2-7H,1H3. The van der Waals surface area contributed by atoms with Gasteiger partial charge >= 0.3 is 0 Å². The molecule has 4 heteroatoms. The predicted molar refractivity (Wildman–Crippen MR) is 59.1 cm³/mol. The maximum atomic E-state index is 10.7. The Morgan fingerprint density at radius 2 is 2.07 bits per heavy atom. The molecule has 0 aliphatic heterocycles. The second-order valence-electron chi connectivity index (χ2n) is 2.88. The van der Waals surface area contributed by atoms with Crippen LogP contribution in [-0.4, -0.2) is 17.5 Å². The monoisotopic (exact) mass is 219 g/mol. The lowest BCUT2D eigenvalue weighted by Gasteiger charge is -1.92. The predicted octanol–water partition coefficient (Wildman–Crippen LogP) is 2.88. The van der Waals surface area contributed by atoms with Gasteiger partial charge in [-0.2, -0.15) is 0 Å². The molecule has 0 amide bonds. The fourth-order valence-electron chi connectivity index (χ4n) is 1.24. The van der Waals surface area contributed by atoms with Crippen molar-refractivity contribution in [1.82, 2.24) is 4.98 Å². The van der Waals surface area contributed by atoms with E-state index in [-0.39, 0.29) is 0 Å². The Hall–Kier alpha value is -1.55. The molecule has 0 saturated heterocycles. The minimum absolute atomic E-state index is 0.362. The number of rotatable bonds is 3. The van der Waals surface area contributed by atoms with E-state index >= 15 is 0 Å². The van der Waals surface area contributed by atoms with Gasteiger partial charge in [0.2, 0.25) is 5.89 Å². The number of hydrogen-bond acceptors (Lipinski definition) is 4. The third-order valence-corrected chi connectivity index (χ3v) is 2.60. The highest BCUT2D eigenvalue weighted by molar-refractivity contribution is 7.98. The average molecular weight is 219 g/mol. The summed E-state index contributed by atoms with van der Waals surface area (Å²) in [7, 11) is 0. The first-order valence-electron chi connectivity index (χ1n) is 4.40. The summed E-state index contributed by atoms with van der Waals surface area (Å²) in [5.41, 5.74) is 1.24. The van der Waals surface area contributed by atoms with Crippen LogP contribution in [0.5, 0.6) is 0 Å². The Morgan fingerprint density at radius 3 is 2.60 bits per heavy atom. The van der Waals surface area contributed by atoms with Crippen molar-refractivity contribution < 1.29 is 9.21 Å². The largest absolute Gasteiger partial charge is 0.429 e. The molecule has 0 bridgehead atoms. The zero-order chi connectivity index (χ0) is 10.7. The minimum Gasteiger partial charge on any atom is -0.429 e. The molecular weight excluding hydrogens is 210 g/mol. The van der Waals surface area contributed by atoms with Crippen LogP contribution in [0.4, 0.5) is 0 Å². The Bertz CT molecular complexity index is 465. The van der Waals surface area contributed by atoms with Crippen LogP contribution in [0.15, 0.2) is 39.8 Å². The number of thioether (sulfide) groups is 1. The molecule has 0 atom stereocenters. The average Bonchev–Trinajstić information content (AvgIpc) is 2.73. The van der Waals surface area contributed by atoms with Crippen molar-refractivity contribution in [2.24, 2.45) is 0 Å². The summed E-state index contributed by atoms with van der Waals surface area (Å²) < 4.78 is 5.46. The number of oxazole rings is 1. The van der Waals surface area contributed by atoms with Gasteiger partial charge in [-0.3, -0.25) is 4.79 Å². The lowest BCUT2D eigenvalue weighted by atomic mass is 10.2. The highest BCUT2D eigenvalue weighted by Crippen LogP contribution is 2.26. The smallest absolute Gasteiger partial charge is 0.228 e. The van der Waals surface area contributed by atoms with Crippen molar-refractivity contribution in [3.05, 3.63) is 36.0 Å². The molecule has 0 aliphatic rings. The quantitative estimate of drug-likeness (QED) is 0.588. The van der Waals surface area contributed by atoms with E-state index in [4.69, 9.17) is 4.42 Å². The maximum Gasteiger partial charge on any atom is 0.228 e. The molecule has 2 rings (SSSR count). The summed E-state index contributed by atoms with van der Waals surface area (Å²) in [6.07, 6.45) is 2.56. The summed E-state index contributed by atoms with van der Waals surface area (Å²) in [6.45, 7) is 0. The molecular formula is C11H9NO2S. The zero-order valence-corrected chi connectivity index (χ0v) is 8.95. The highest BCUT2D eigenvalue weighted by Gasteiger charge is 2.12. The summed E-state index contributed by atoms with van der Waals surface area (Å²) in [5.74, 6) is 0.488. The van der Waals surface area contributed by atoms with Crippen LogP contribution in [0.3, 0.4) is 0 Å². The van der Waals surface area contributed by atoms with Gasteiger partial charge in [-0.25, -0.2) is 4.98 Å². The second-order valence-corrected chi connectivity index (χ2v) is 3.66. The summed E-state index contributed by atoms with van der Waals surface area (Å²) in [5, 5.41) is 0.559. The lowest BCUT2D eigenvalue weighted by Crippen LogP contribution is -1.81. The Labute approximate surface area is 91.5 Å². The fourth-order valence-corrected chi connectivity index (χ4v) is 1.71. The summed E-state index contributed by atoms with van der Waals surface area (Å²) >= 11 is 1.38. The topological polar surface area (TPSA) is 43.1 Å². The van der Waals surface area contributed by atoms with Gasteiger partial charge in [0.25, 0.3) is 0 Å². The number of carbonyl (C=O) groups excluding carboxylic acids is 1. The molecule has 0 N–H and O–H groups in total. The Kier molecular flexibility index (Phi) is 2.87. The maximum absolute atomic E-state index is 10.7. The van der Waals surface area contributed by atoms with Gasteiger partial charge in [-0.15, -0.1) is 0 Å². The van der Waals surface area contributed by atoms with Crippen molar-refractivity contribution >= 4 is 18.0 Å². The number of aldehydes is 1. The van der Waals surface area contributed by atoms with E-state index in [1.165, 1.54) is 11.8 Å². The third-order valence-electron chi connectivity index (χ3n) is 1.94. The fraction of sp³-hybridized carbons (Fsp3) is 0.0909. The van der Waals surface area contributed by atoms with E-state index in [1.54, 1.807) is 0 Å². The molecule has 0 aliphatic carbocycles. The molecule has 0 spiro atoms. The van der Waals surface area contributed by atoms with Gasteiger partial charge in [0, 0.05) is 5.56 Å². The first-order chi connectivity index (χ1) is 7.35. The first-order valence-corrected chi connectivity index (χ1v) is 5.63. The zero-order valence-electron chi connectivity index (χ0n) is 8.14. The van der Waals surface area contributed by atoms with Crippen LogP contribution in [0, 0.1) is 0 Å². The van der Waals surface area contributed by atoms with Crippen molar-refractivity contribution in [1.29, 1.82) is 0 Å². The van der Waals surface area contributed by atoms with Crippen LogP contribution in [0.1, 0.15) is 10.5 Å². The number of carbonyl (C=O) groups is 1. The molecule has 0 saturated carbocycles. The highest BCUT2D eigenvalue weighted by atomic mass is 32.2. The van der Waals surface area contributed by atoms with Crippen molar-refractivity contribution in [2.45, 2.75) is 5.09 Å². The Morgan fingerprint density at radius 1 is 1.33 bits per heavy atom. The molecule has 1 heterocycles. The Balaban J connectivity index is 2.46. The van der Waals surface area contributed by atoms with Gasteiger partial charge in [-0.05, 0) is 18.4 Å². The lowest BCUT2D eigenvalue weighted by molar-refractivity contribution is 0.111. The van der Waals surface area contributed by atoms with Crippen LogP contribution >= 0.6 is 11.8 Å². The number of nitrogens with zero attached hydrogens (tertiary/aromatic N) is 1. The van der Waals surface area contributed by atoms with E-state index < -0.39 is 0 Å². The molecule has 0 radical (unpaired) electrons. The van der Waals surface area contributed by atoms with E-state index in [2.05, 4.69) is 4.98 Å². The number of aromatic nitrogens is 1. The molecule has 1 aromatic carbocycles. The van der Waals surface area contributed by atoms with E-state index in [1.807, 2.05) is 36.6 Å². The summed E-state index contributed by atoms with van der Waals surface area (Å²) in [6, 6.07) is 9.51. The van der Waals surface area contributed by atoms with Crippen LogP contribution < -0.4 is 0 Å². The van der Waals surface area contributed by atoms with Gasteiger partial charge < -0.3 is 4.42 Å². The van der Waals surface area contributed by atoms with Crippen molar-refractivity contribution in [2.75, 3.05) is 6.26 Å². The van der Waals surface area contributed by atoms with Crippen LogP contribution in [0.25, 0.3) is 11.5 Å². The number of hydrogen-bond donors (Lipinski definition) is 0. The normalized spacial score (nSPS) is 10.2. The van der Waals surface area contributed by atoms with Gasteiger partial charge in [0.15, 0.2) is 17.1 Å². The molecule has 0 unspecified atom stereocenters. The molecule has 0 fully saturated rings. The van der Waals surface area contributed by atoms with E-state index in [9.17, 15) is 4.79 Å². The SMILES string of the molecule is CSc1oc(-c2ccccc2)nc1C=O. The van der Waals surface area contributed by atoms with Gasteiger partial charge in [0.1, 0.15) is 0 Å². The van der Waals surface area contributed by atoms with Gasteiger partial charge in [-0.1, -0.05) is 30.0 Å². The first kappa shape index (κ1) is 9.98. The molecule has 3 nitrogen and oxygen atoms in total. The number of benzene rings is 1. The molecule has 15 heavy (non-hydrogen) atoms. The second kappa shape index (κ2) is 4.31. The van der Waals surface area contributed by atoms with Crippen molar-refractivity contribution in [3.63, 3.8) is 0 Å². The summed E-state index contributed by atoms with van der Waals surface area (Å²) in [4.78, 5) is 14.8. The third kappa shape index (κ3) is 1.94. The van der Waals surface area contributed by atoms with Gasteiger partial charge in [0.05, 0.1) is 0 Å². The minimum atomic E-state index is 0.362. The van der Waals surface area contributed by atoms with E-state index in [0.717, 1.165) is 5.56 Å². The van der Waals surface area contributed by atoms with Crippen LogP contribution in [0.2, 0.25) is 0 Å². The molecule has 76 valence electrons. The van der Waals surface area contributed by atoms with Crippen molar-refractivity contribution in [3.8, 4) is 11.5 Å². The van der Waals surface area contributed by atoms with E-state index in [0.29, 0.717) is 23.0 Å².